The van der Waals surface area contributed by atoms with Crippen molar-refractivity contribution in [2.75, 3.05) is 6.61 Å². The van der Waals surface area contributed by atoms with Gasteiger partial charge in [0.1, 0.15) is 6.61 Å². The maximum atomic E-state index is 11.2. The molecule has 1 aliphatic carbocycles. The molecule has 0 aromatic heterocycles. The summed E-state index contributed by atoms with van der Waals surface area (Å²) in [4.78, 5) is 11.2. The van der Waals surface area contributed by atoms with Crippen molar-refractivity contribution in [1.29, 1.82) is 0 Å². The maximum Gasteiger partial charge on any atom is 0.333 e. The lowest BCUT2D eigenvalue weighted by Crippen LogP contribution is -2.46. The second-order valence-corrected chi connectivity index (χ2v) is 4.28. The Balaban J connectivity index is 2.35. The molecule has 1 fully saturated rings. The van der Waals surface area contributed by atoms with Gasteiger partial charge in [-0.2, -0.15) is 0 Å². The third-order valence-electron chi connectivity index (χ3n) is 2.69. The number of carbonyl (C=O) groups is 1. The normalized spacial score (nSPS) is 20.1. The molecular weight excluding hydrogens is 178 g/mol. The van der Waals surface area contributed by atoms with E-state index in [1.54, 1.807) is 6.92 Å². The van der Waals surface area contributed by atoms with Gasteiger partial charge in [0.2, 0.25) is 0 Å². The quantitative estimate of drug-likeness (QED) is 0.554. The van der Waals surface area contributed by atoms with Crippen molar-refractivity contribution in [3.63, 3.8) is 0 Å². The van der Waals surface area contributed by atoms with Gasteiger partial charge in [0, 0.05) is 5.57 Å². The molecular formula is C11H19NO2. The zero-order valence-electron chi connectivity index (χ0n) is 8.84. The third-order valence-corrected chi connectivity index (χ3v) is 2.69. The number of hydrogen-bond acceptors (Lipinski definition) is 3. The van der Waals surface area contributed by atoms with Gasteiger partial charge in [0.15, 0.2) is 0 Å². The van der Waals surface area contributed by atoms with Crippen LogP contribution in [0.15, 0.2) is 12.2 Å². The summed E-state index contributed by atoms with van der Waals surface area (Å²) >= 11 is 0. The summed E-state index contributed by atoms with van der Waals surface area (Å²) in [5.74, 6) is -0.333. The zero-order chi connectivity index (χ0) is 10.6. The van der Waals surface area contributed by atoms with Crippen LogP contribution in [0.4, 0.5) is 0 Å². The van der Waals surface area contributed by atoms with Crippen LogP contribution in [-0.2, 0) is 9.53 Å². The Morgan fingerprint density at radius 3 is 2.50 bits per heavy atom. The highest BCUT2D eigenvalue weighted by molar-refractivity contribution is 5.86. The fourth-order valence-electron chi connectivity index (χ4n) is 1.73. The highest BCUT2D eigenvalue weighted by Gasteiger charge is 2.28. The van der Waals surface area contributed by atoms with Crippen LogP contribution >= 0.6 is 0 Å². The van der Waals surface area contributed by atoms with E-state index in [4.69, 9.17) is 10.5 Å². The van der Waals surface area contributed by atoms with Crippen LogP contribution < -0.4 is 5.73 Å². The van der Waals surface area contributed by atoms with Crippen LogP contribution in [0.25, 0.3) is 0 Å². The number of nitrogens with two attached hydrogens (primary N) is 1. The lowest BCUT2D eigenvalue weighted by atomic mass is 9.83. The molecule has 1 aliphatic rings. The molecule has 3 nitrogen and oxygen atoms in total. The van der Waals surface area contributed by atoms with E-state index in [-0.39, 0.29) is 11.5 Å². The van der Waals surface area contributed by atoms with Crippen molar-refractivity contribution in [2.45, 2.75) is 44.6 Å². The first-order valence-corrected chi connectivity index (χ1v) is 5.15. The SMILES string of the molecule is C=C(C)C(=O)OCC1(N)CCCCC1. The van der Waals surface area contributed by atoms with Crippen LogP contribution in [0.2, 0.25) is 0 Å². The zero-order valence-corrected chi connectivity index (χ0v) is 8.84. The summed E-state index contributed by atoms with van der Waals surface area (Å²) in [7, 11) is 0. The molecule has 0 bridgehead atoms. The summed E-state index contributed by atoms with van der Waals surface area (Å²) in [5.41, 5.74) is 6.25. The lowest BCUT2D eigenvalue weighted by molar-refractivity contribution is -0.141. The lowest BCUT2D eigenvalue weighted by Gasteiger charge is -2.32. The summed E-state index contributed by atoms with van der Waals surface area (Å²) in [5, 5.41) is 0. The van der Waals surface area contributed by atoms with Crippen LogP contribution in [0.3, 0.4) is 0 Å². The number of ether oxygens (including phenoxy) is 1. The van der Waals surface area contributed by atoms with E-state index in [9.17, 15) is 4.79 Å². The molecule has 2 N–H and O–H groups in total. The predicted molar refractivity (Wildman–Crippen MR) is 55.8 cm³/mol. The van der Waals surface area contributed by atoms with Crippen molar-refractivity contribution in [3.05, 3.63) is 12.2 Å². The molecule has 0 aromatic carbocycles. The highest BCUT2D eigenvalue weighted by atomic mass is 16.5. The Bertz CT molecular complexity index is 229. The summed E-state index contributed by atoms with van der Waals surface area (Å²) in [6, 6.07) is 0. The largest absolute Gasteiger partial charge is 0.460 e. The van der Waals surface area contributed by atoms with E-state index < -0.39 is 0 Å². The smallest absolute Gasteiger partial charge is 0.333 e. The third kappa shape index (κ3) is 3.14. The predicted octanol–water partition coefficient (Wildman–Crippen LogP) is 1.77. The molecule has 0 atom stereocenters. The Morgan fingerprint density at radius 2 is 2.00 bits per heavy atom. The van der Waals surface area contributed by atoms with Gasteiger partial charge >= 0.3 is 5.97 Å². The van der Waals surface area contributed by atoms with Crippen molar-refractivity contribution in [3.8, 4) is 0 Å². The molecule has 14 heavy (non-hydrogen) atoms. The number of carbonyl (C=O) groups excluding carboxylic acids is 1. The first-order chi connectivity index (χ1) is 6.53. The molecule has 0 aromatic rings. The molecule has 0 saturated heterocycles. The van der Waals surface area contributed by atoms with E-state index in [1.807, 2.05) is 0 Å². The van der Waals surface area contributed by atoms with Gasteiger partial charge in [-0.25, -0.2) is 4.79 Å². The van der Waals surface area contributed by atoms with Crippen LogP contribution in [0.5, 0.6) is 0 Å². The van der Waals surface area contributed by atoms with E-state index in [2.05, 4.69) is 6.58 Å². The maximum absolute atomic E-state index is 11.2. The molecule has 0 spiro atoms. The Hall–Kier alpha value is -0.830. The molecule has 0 amide bonds. The first-order valence-electron chi connectivity index (χ1n) is 5.15. The van der Waals surface area contributed by atoms with Crippen LogP contribution in [0.1, 0.15) is 39.0 Å². The van der Waals surface area contributed by atoms with Crippen LogP contribution in [-0.4, -0.2) is 18.1 Å². The van der Waals surface area contributed by atoms with Gasteiger partial charge in [0.05, 0.1) is 5.54 Å². The number of rotatable bonds is 3. The van der Waals surface area contributed by atoms with Crippen molar-refractivity contribution in [2.24, 2.45) is 5.73 Å². The van der Waals surface area contributed by atoms with E-state index in [0.29, 0.717) is 12.2 Å². The second-order valence-electron chi connectivity index (χ2n) is 4.28. The minimum atomic E-state index is -0.333. The van der Waals surface area contributed by atoms with Crippen molar-refractivity contribution >= 4 is 5.97 Å². The minimum absolute atomic E-state index is 0.288. The molecule has 1 rings (SSSR count). The summed E-state index contributed by atoms with van der Waals surface area (Å²) in [6.07, 6.45) is 5.43. The number of hydrogen-bond donors (Lipinski definition) is 1. The van der Waals surface area contributed by atoms with Crippen LogP contribution in [0, 0.1) is 0 Å². The van der Waals surface area contributed by atoms with Crippen molar-refractivity contribution in [1.82, 2.24) is 0 Å². The molecule has 0 aliphatic heterocycles. The fourth-order valence-corrected chi connectivity index (χ4v) is 1.73. The Morgan fingerprint density at radius 1 is 1.43 bits per heavy atom. The minimum Gasteiger partial charge on any atom is -0.460 e. The van der Waals surface area contributed by atoms with E-state index >= 15 is 0 Å². The molecule has 1 saturated carbocycles. The number of esters is 1. The highest BCUT2D eigenvalue weighted by Crippen LogP contribution is 2.26. The van der Waals surface area contributed by atoms with Gasteiger partial charge < -0.3 is 10.5 Å². The standard InChI is InChI=1S/C11H19NO2/c1-9(2)10(13)14-8-11(12)6-4-3-5-7-11/h1,3-8,12H2,2H3. The molecule has 0 heterocycles. The Labute approximate surface area is 85.3 Å². The Kier molecular flexibility index (Phi) is 3.69. The van der Waals surface area contributed by atoms with E-state index in [0.717, 1.165) is 25.7 Å². The monoisotopic (exact) mass is 197 g/mol. The van der Waals surface area contributed by atoms with E-state index in [1.165, 1.54) is 6.42 Å². The average Bonchev–Trinajstić information content (AvgIpc) is 2.15. The molecule has 0 unspecified atom stereocenters. The molecule has 80 valence electrons. The van der Waals surface area contributed by atoms with Gasteiger partial charge in [-0.3, -0.25) is 0 Å². The average molecular weight is 197 g/mol. The van der Waals surface area contributed by atoms with Crippen molar-refractivity contribution < 1.29 is 9.53 Å². The summed E-state index contributed by atoms with van der Waals surface area (Å²) in [6.45, 7) is 5.50. The fraction of sp³-hybridized carbons (Fsp3) is 0.727. The second kappa shape index (κ2) is 4.60. The first kappa shape index (κ1) is 11.2. The van der Waals surface area contributed by atoms with Gasteiger partial charge in [-0.1, -0.05) is 25.8 Å². The van der Waals surface area contributed by atoms with Gasteiger partial charge in [-0.05, 0) is 19.8 Å². The summed E-state index contributed by atoms with van der Waals surface area (Å²) < 4.78 is 5.08. The van der Waals surface area contributed by atoms with Gasteiger partial charge in [-0.15, -0.1) is 0 Å². The topological polar surface area (TPSA) is 52.3 Å². The molecule has 3 heteroatoms. The van der Waals surface area contributed by atoms with Gasteiger partial charge in [0.25, 0.3) is 0 Å². The molecule has 0 radical (unpaired) electrons.